The van der Waals surface area contributed by atoms with Crippen LogP contribution in [0.15, 0.2) is 12.1 Å². The van der Waals surface area contributed by atoms with Crippen LogP contribution in [0.25, 0.3) is 0 Å². The third-order valence-electron chi connectivity index (χ3n) is 2.08. The zero-order valence-electron chi connectivity index (χ0n) is 8.75. The van der Waals surface area contributed by atoms with Gasteiger partial charge in [-0.1, -0.05) is 0 Å². The summed E-state index contributed by atoms with van der Waals surface area (Å²) in [5.41, 5.74) is 0.646. The van der Waals surface area contributed by atoms with Crippen LogP contribution in [0.2, 0.25) is 0 Å². The molecule has 0 unspecified atom stereocenters. The molecule has 0 radical (unpaired) electrons. The van der Waals surface area contributed by atoms with Gasteiger partial charge >= 0.3 is 6.61 Å². The van der Waals surface area contributed by atoms with Gasteiger partial charge in [0.2, 0.25) is 0 Å². The summed E-state index contributed by atoms with van der Waals surface area (Å²) in [5.74, 6) is -0.437. The molecule has 1 aromatic rings. The van der Waals surface area contributed by atoms with Gasteiger partial charge in [0.15, 0.2) is 5.78 Å². The van der Waals surface area contributed by atoms with Gasteiger partial charge in [0, 0.05) is 11.1 Å². The molecule has 0 aliphatic carbocycles. The minimum atomic E-state index is -2.98. The number of rotatable bonds is 3. The molecule has 0 aromatic heterocycles. The van der Waals surface area contributed by atoms with Crippen LogP contribution in [-0.2, 0) is 0 Å². The average molecular weight is 225 g/mol. The Hall–Kier alpha value is -1.96. The van der Waals surface area contributed by atoms with Gasteiger partial charge < -0.3 is 4.74 Å². The van der Waals surface area contributed by atoms with Crippen LogP contribution in [0.3, 0.4) is 0 Å². The maximum Gasteiger partial charge on any atom is 0.387 e. The van der Waals surface area contributed by atoms with Crippen molar-refractivity contribution >= 4 is 5.78 Å². The summed E-state index contributed by atoms with van der Waals surface area (Å²) in [6.07, 6.45) is 0. The van der Waals surface area contributed by atoms with E-state index in [1.54, 1.807) is 6.07 Å². The molecule has 1 aromatic carbocycles. The molecule has 0 saturated heterocycles. The number of ether oxygens (including phenoxy) is 1. The predicted molar refractivity (Wildman–Crippen MR) is 52.5 cm³/mol. The molecular weight excluding hydrogens is 216 g/mol. The molecular formula is C11H9F2NO2. The number of hydrogen-bond donors (Lipinski definition) is 0. The Morgan fingerprint density at radius 2 is 2.12 bits per heavy atom. The molecule has 0 aliphatic rings. The summed E-state index contributed by atoms with van der Waals surface area (Å²) in [7, 11) is 0. The first kappa shape index (κ1) is 12.1. The molecule has 0 amide bonds. The van der Waals surface area contributed by atoms with Crippen LogP contribution >= 0.6 is 0 Å². The van der Waals surface area contributed by atoms with Gasteiger partial charge in [-0.05, 0) is 26.0 Å². The third kappa shape index (κ3) is 2.54. The second-order valence-electron chi connectivity index (χ2n) is 3.19. The highest BCUT2D eigenvalue weighted by Crippen LogP contribution is 2.25. The second-order valence-corrected chi connectivity index (χ2v) is 3.19. The summed E-state index contributed by atoms with van der Waals surface area (Å²) in [6.45, 7) is -0.182. The first-order valence-electron chi connectivity index (χ1n) is 4.46. The number of nitriles is 1. The summed E-state index contributed by atoms with van der Waals surface area (Å²) < 4.78 is 28.4. The highest BCUT2D eigenvalue weighted by atomic mass is 19.3. The number of nitrogens with zero attached hydrogens (tertiary/aromatic N) is 1. The molecule has 0 heterocycles. The van der Waals surface area contributed by atoms with Gasteiger partial charge in [-0.15, -0.1) is 0 Å². The van der Waals surface area contributed by atoms with Crippen LogP contribution in [-0.4, -0.2) is 12.4 Å². The monoisotopic (exact) mass is 225 g/mol. The number of Topliss-reactive ketones (excluding diaryl/α,β-unsaturated/α-hetero) is 1. The SMILES string of the molecule is CC(=O)c1cc(C#N)cc(OC(F)F)c1C. The van der Waals surface area contributed by atoms with E-state index in [4.69, 9.17) is 5.26 Å². The normalized spacial score (nSPS) is 10.0. The molecule has 0 atom stereocenters. The van der Waals surface area contributed by atoms with Crippen molar-refractivity contribution in [2.24, 2.45) is 0 Å². The highest BCUT2D eigenvalue weighted by Gasteiger charge is 2.14. The molecule has 5 heteroatoms. The maximum atomic E-state index is 12.1. The number of ketones is 1. The fourth-order valence-corrected chi connectivity index (χ4v) is 1.34. The second kappa shape index (κ2) is 4.71. The average Bonchev–Trinajstić information content (AvgIpc) is 2.19. The molecule has 0 aliphatic heterocycles. The minimum absolute atomic E-state index is 0.117. The lowest BCUT2D eigenvalue weighted by Gasteiger charge is -2.11. The number of benzene rings is 1. The number of alkyl halides is 2. The van der Waals surface area contributed by atoms with Crippen LogP contribution in [0.1, 0.15) is 28.4 Å². The number of halogens is 2. The van der Waals surface area contributed by atoms with Crippen LogP contribution in [0.5, 0.6) is 5.75 Å². The van der Waals surface area contributed by atoms with Crippen LogP contribution in [0, 0.1) is 18.3 Å². The Balaban J connectivity index is 3.32. The molecule has 0 fully saturated rings. The van der Waals surface area contributed by atoms with Gasteiger partial charge in [-0.25, -0.2) is 0 Å². The van der Waals surface area contributed by atoms with E-state index in [1.165, 1.54) is 26.0 Å². The Labute approximate surface area is 91.3 Å². The van der Waals surface area contributed by atoms with E-state index in [2.05, 4.69) is 4.74 Å². The number of carbonyl (C=O) groups is 1. The lowest BCUT2D eigenvalue weighted by atomic mass is 10.0. The fraction of sp³-hybridized carbons (Fsp3) is 0.273. The Morgan fingerprint density at radius 3 is 2.56 bits per heavy atom. The quantitative estimate of drug-likeness (QED) is 0.743. The summed E-state index contributed by atoms with van der Waals surface area (Å²) in [5, 5.41) is 8.69. The van der Waals surface area contributed by atoms with E-state index in [-0.39, 0.29) is 22.7 Å². The Kier molecular flexibility index (Phi) is 3.56. The molecule has 0 bridgehead atoms. The van der Waals surface area contributed by atoms with Crippen molar-refractivity contribution in [3.05, 3.63) is 28.8 Å². The van der Waals surface area contributed by atoms with Gasteiger partial charge in [0.25, 0.3) is 0 Å². The molecule has 1 rings (SSSR count). The van der Waals surface area contributed by atoms with Crippen molar-refractivity contribution in [1.29, 1.82) is 5.26 Å². The standard InChI is InChI=1S/C11H9F2NO2/c1-6-9(7(2)15)3-8(5-14)4-10(6)16-11(12)13/h3-4,11H,1-2H3. The number of carbonyl (C=O) groups excluding carboxylic acids is 1. The van der Waals surface area contributed by atoms with Crippen molar-refractivity contribution < 1.29 is 18.3 Å². The first-order valence-corrected chi connectivity index (χ1v) is 4.46. The lowest BCUT2D eigenvalue weighted by Crippen LogP contribution is -2.06. The van der Waals surface area contributed by atoms with Crippen molar-refractivity contribution in [3.8, 4) is 11.8 Å². The lowest BCUT2D eigenvalue weighted by molar-refractivity contribution is -0.0503. The van der Waals surface area contributed by atoms with E-state index in [9.17, 15) is 13.6 Å². The number of hydrogen-bond acceptors (Lipinski definition) is 3. The first-order chi connectivity index (χ1) is 7.45. The molecule has 16 heavy (non-hydrogen) atoms. The zero-order valence-corrected chi connectivity index (χ0v) is 8.75. The van der Waals surface area contributed by atoms with E-state index in [0.717, 1.165) is 0 Å². The fourth-order valence-electron chi connectivity index (χ4n) is 1.34. The van der Waals surface area contributed by atoms with Gasteiger partial charge in [-0.2, -0.15) is 14.0 Å². The minimum Gasteiger partial charge on any atom is -0.434 e. The zero-order chi connectivity index (χ0) is 12.3. The third-order valence-corrected chi connectivity index (χ3v) is 2.08. The van der Waals surface area contributed by atoms with E-state index < -0.39 is 6.61 Å². The summed E-state index contributed by atoms with van der Waals surface area (Å²) >= 11 is 0. The van der Waals surface area contributed by atoms with E-state index in [1.807, 2.05) is 0 Å². The van der Waals surface area contributed by atoms with Crippen molar-refractivity contribution in [2.45, 2.75) is 20.5 Å². The molecule has 0 spiro atoms. The topological polar surface area (TPSA) is 50.1 Å². The van der Waals surface area contributed by atoms with Crippen molar-refractivity contribution in [2.75, 3.05) is 0 Å². The Morgan fingerprint density at radius 1 is 1.50 bits per heavy atom. The molecule has 0 N–H and O–H groups in total. The van der Waals surface area contributed by atoms with Crippen LogP contribution in [0.4, 0.5) is 8.78 Å². The maximum absolute atomic E-state index is 12.1. The summed E-state index contributed by atoms with van der Waals surface area (Å²) in [4.78, 5) is 11.2. The van der Waals surface area contributed by atoms with Gasteiger partial charge in [-0.3, -0.25) is 4.79 Å². The van der Waals surface area contributed by atoms with Gasteiger partial charge in [0.05, 0.1) is 11.6 Å². The van der Waals surface area contributed by atoms with Crippen LogP contribution < -0.4 is 4.74 Å². The van der Waals surface area contributed by atoms with Gasteiger partial charge in [0.1, 0.15) is 5.75 Å². The predicted octanol–water partition coefficient (Wildman–Crippen LogP) is 2.67. The highest BCUT2D eigenvalue weighted by molar-refractivity contribution is 5.96. The van der Waals surface area contributed by atoms with E-state index in [0.29, 0.717) is 5.56 Å². The van der Waals surface area contributed by atoms with Crippen molar-refractivity contribution in [1.82, 2.24) is 0 Å². The molecule has 3 nitrogen and oxygen atoms in total. The van der Waals surface area contributed by atoms with E-state index >= 15 is 0 Å². The smallest absolute Gasteiger partial charge is 0.387 e. The molecule has 84 valence electrons. The summed E-state index contributed by atoms with van der Waals surface area (Å²) in [6, 6.07) is 4.33. The largest absolute Gasteiger partial charge is 0.434 e. The Bertz CT molecular complexity index is 464. The van der Waals surface area contributed by atoms with Crippen molar-refractivity contribution in [3.63, 3.8) is 0 Å². The molecule has 0 saturated carbocycles.